The van der Waals surface area contributed by atoms with Crippen LogP contribution < -0.4 is 11.0 Å². The number of nitrogens with one attached hydrogen (secondary N) is 2. The molecule has 0 spiro atoms. The van der Waals surface area contributed by atoms with Gasteiger partial charge in [-0.3, -0.25) is 25.2 Å². The van der Waals surface area contributed by atoms with E-state index in [0.29, 0.717) is 0 Å². The molecule has 1 heterocycles. The van der Waals surface area contributed by atoms with Crippen molar-refractivity contribution in [3.63, 3.8) is 0 Å². The maximum atomic E-state index is 11.5. The highest BCUT2D eigenvalue weighted by Crippen LogP contribution is 2.27. The van der Waals surface area contributed by atoms with E-state index >= 15 is 0 Å². The van der Waals surface area contributed by atoms with E-state index in [9.17, 15) is 19.7 Å². The number of aromatic amines is 1. The van der Waals surface area contributed by atoms with Crippen LogP contribution in [0.1, 0.15) is 0 Å². The molecule has 2 rings (SSSR count). The molecule has 0 radical (unpaired) electrons. The molecule has 1 aromatic carbocycles. The van der Waals surface area contributed by atoms with E-state index in [4.69, 9.17) is 5.11 Å². The van der Waals surface area contributed by atoms with Gasteiger partial charge in [-0.15, -0.1) is 0 Å². The number of aromatic nitrogens is 2. The smallest absolute Gasteiger partial charge is 0.332 e. The molecule has 3 N–H and O–H groups in total. The highest BCUT2D eigenvalue weighted by Gasteiger charge is 2.17. The minimum Gasteiger partial charge on any atom is -0.479 e. The predicted octanol–water partition coefficient (Wildman–Crippen LogP) is 0.259. The molecule has 0 aliphatic rings. The van der Waals surface area contributed by atoms with Gasteiger partial charge in [0.25, 0.3) is 11.2 Å². The Hall–Kier alpha value is -3.01. The van der Waals surface area contributed by atoms with Crippen LogP contribution in [0.25, 0.3) is 10.9 Å². The van der Waals surface area contributed by atoms with E-state index in [1.807, 2.05) is 0 Å². The van der Waals surface area contributed by atoms with Gasteiger partial charge in [0.15, 0.2) is 6.61 Å². The highest BCUT2D eigenvalue weighted by molar-refractivity contribution is 5.86. The van der Waals surface area contributed by atoms with Crippen LogP contribution in [0.15, 0.2) is 23.3 Å². The normalized spacial score (nSPS) is 10.4. The fourth-order valence-corrected chi connectivity index (χ4v) is 1.51. The van der Waals surface area contributed by atoms with Crippen LogP contribution in [0.2, 0.25) is 0 Å². The molecule has 0 fully saturated rings. The third kappa shape index (κ3) is 2.70. The molecule has 104 valence electrons. The van der Waals surface area contributed by atoms with Gasteiger partial charge in [0.2, 0.25) is 0 Å². The van der Waals surface area contributed by atoms with Crippen LogP contribution in [0, 0.1) is 10.1 Å². The lowest BCUT2D eigenvalue weighted by atomic mass is 10.2. The van der Waals surface area contributed by atoms with Crippen LogP contribution in [-0.2, 0) is 9.63 Å². The number of nitro benzene ring substituents is 1. The van der Waals surface area contributed by atoms with E-state index in [-0.39, 0.29) is 16.6 Å². The number of carboxylic acid groups (broad SMARTS) is 1. The summed E-state index contributed by atoms with van der Waals surface area (Å²) in [5.41, 5.74) is 1.33. The van der Waals surface area contributed by atoms with E-state index in [1.54, 1.807) is 0 Å². The topological polar surface area (TPSA) is 147 Å². The summed E-state index contributed by atoms with van der Waals surface area (Å²) < 4.78 is 0. The first-order valence-corrected chi connectivity index (χ1v) is 5.24. The summed E-state index contributed by atoms with van der Waals surface area (Å²) in [4.78, 5) is 42.8. The standard InChI is InChI=1S/C10H8N4O6/c15-9(16)3-20-13-7-2-6-5(1-8(7)14(18)19)10(17)12-4-11-6/h1-2,4,13H,3H2,(H,15,16)(H,11,12,17). The number of rotatable bonds is 5. The largest absolute Gasteiger partial charge is 0.479 e. The van der Waals surface area contributed by atoms with Gasteiger partial charge in [-0.05, 0) is 6.07 Å². The second-order valence-electron chi connectivity index (χ2n) is 3.66. The Morgan fingerprint density at radius 1 is 1.55 bits per heavy atom. The third-order valence-corrected chi connectivity index (χ3v) is 2.33. The third-order valence-electron chi connectivity index (χ3n) is 2.33. The van der Waals surface area contributed by atoms with Gasteiger partial charge in [0.05, 0.1) is 22.2 Å². The Bertz CT molecular complexity index is 740. The number of carbonyl (C=O) groups is 1. The monoisotopic (exact) mass is 280 g/mol. The molecule has 10 heteroatoms. The van der Waals surface area contributed by atoms with Crippen molar-refractivity contribution in [3.8, 4) is 0 Å². The van der Waals surface area contributed by atoms with Crippen LogP contribution in [0.4, 0.5) is 11.4 Å². The Morgan fingerprint density at radius 2 is 2.30 bits per heavy atom. The molecule has 0 amide bonds. The van der Waals surface area contributed by atoms with Crippen LogP contribution in [0.3, 0.4) is 0 Å². The number of fused-ring (bicyclic) bond motifs is 1. The maximum Gasteiger partial charge on any atom is 0.332 e. The molecular formula is C10H8N4O6. The Morgan fingerprint density at radius 3 is 2.95 bits per heavy atom. The summed E-state index contributed by atoms with van der Waals surface area (Å²) in [6.07, 6.45) is 1.15. The molecule has 10 nitrogen and oxygen atoms in total. The van der Waals surface area contributed by atoms with Crippen LogP contribution >= 0.6 is 0 Å². The predicted molar refractivity (Wildman–Crippen MR) is 66.2 cm³/mol. The van der Waals surface area contributed by atoms with Gasteiger partial charge in [-0.1, -0.05) is 0 Å². The summed E-state index contributed by atoms with van der Waals surface area (Å²) in [5.74, 6) is -1.24. The number of aliphatic carboxylic acids is 1. The van der Waals surface area contributed by atoms with E-state index in [1.165, 1.54) is 6.07 Å². The molecule has 20 heavy (non-hydrogen) atoms. The number of hydrogen-bond acceptors (Lipinski definition) is 7. The van der Waals surface area contributed by atoms with Crippen LogP contribution in [0.5, 0.6) is 0 Å². The summed E-state index contributed by atoms with van der Waals surface area (Å²) >= 11 is 0. The van der Waals surface area contributed by atoms with Gasteiger partial charge >= 0.3 is 5.97 Å². The maximum absolute atomic E-state index is 11.5. The highest BCUT2D eigenvalue weighted by atomic mass is 16.7. The first kappa shape index (κ1) is 13.4. The Balaban J connectivity index is 2.46. The number of anilines is 1. The summed E-state index contributed by atoms with van der Waals surface area (Å²) in [6.45, 7) is -0.683. The summed E-state index contributed by atoms with van der Waals surface area (Å²) in [7, 11) is 0. The van der Waals surface area contributed by atoms with Gasteiger partial charge in [-0.2, -0.15) is 0 Å². The van der Waals surface area contributed by atoms with E-state index in [0.717, 1.165) is 12.4 Å². The molecular weight excluding hydrogens is 272 g/mol. The van der Waals surface area contributed by atoms with Crippen molar-refractivity contribution in [2.75, 3.05) is 12.1 Å². The molecule has 0 atom stereocenters. The van der Waals surface area contributed by atoms with Crippen molar-refractivity contribution in [2.45, 2.75) is 0 Å². The molecule has 0 saturated carbocycles. The van der Waals surface area contributed by atoms with Gasteiger partial charge in [0.1, 0.15) is 5.69 Å². The average Bonchev–Trinajstić information content (AvgIpc) is 2.37. The van der Waals surface area contributed by atoms with Crippen LogP contribution in [-0.4, -0.2) is 32.6 Å². The second-order valence-corrected chi connectivity index (χ2v) is 3.66. The fraction of sp³-hybridized carbons (Fsp3) is 0.100. The number of nitro groups is 1. The molecule has 0 aliphatic carbocycles. The molecule has 1 aromatic heterocycles. The zero-order valence-electron chi connectivity index (χ0n) is 9.82. The molecule has 0 bridgehead atoms. The minimum atomic E-state index is -1.24. The molecule has 0 aliphatic heterocycles. The van der Waals surface area contributed by atoms with E-state index in [2.05, 4.69) is 20.3 Å². The number of carboxylic acids is 1. The first-order valence-electron chi connectivity index (χ1n) is 5.24. The Kier molecular flexibility index (Phi) is 3.57. The number of benzene rings is 1. The van der Waals surface area contributed by atoms with Crippen molar-refractivity contribution in [1.82, 2.24) is 9.97 Å². The Labute approximate surface area is 110 Å². The molecule has 0 unspecified atom stereocenters. The molecule has 2 aromatic rings. The second kappa shape index (κ2) is 5.32. The van der Waals surface area contributed by atoms with Crippen molar-refractivity contribution < 1.29 is 19.7 Å². The zero-order chi connectivity index (χ0) is 14.7. The van der Waals surface area contributed by atoms with Gasteiger partial charge in [-0.25, -0.2) is 9.78 Å². The zero-order valence-corrected chi connectivity index (χ0v) is 9.82. The number of H-pyrrole nitrogens is 1. The number of nitrogens with zero attached hydrogens (tertiary/aromatic N) is 2. The lowest BCUT2D eigenvalue weighted by Crippen LogP contribution is -2.13. The average molecular weight is 280 g/mol. The van der Waals surface area contributed by atoms with Gasteiger partial charge in [0, 0.05) is 6.07 Å². The SMILES string of the molecule is O=C(O)CONc1cc2nc[nH]c(=O)c2cc1[N+](=O)[O-]. The first-order chi connectivity index (χ1) is 9.49. The summed E-state index contributed by atoms with van der Waals surface area (Å²) in [5, 5.41) is 19.4. The van der Waals surface area contributed by atoms with Crippen molar-refractivity contribution in [2.24, 2.45) is 0 Å². The van der Waals surface area contributed by atoms with Crippen molar-refractivity contribution in [1.29, 1.82) is 0 Å². The van der Waals surface area contributed by atoms with Crippen molar-refractivity contribution >= 4 is 28.2 Å². The van der Waals surface area contributed by atoms with Crippen molar-refractivity contribution in [3.05, 3.63) is 38.9 Å². The summed E-state index contributed by atoms with van der Waals surface area (Å²) in [6, 6.07) is 2.26. The van der Waals surface area contributed by atoms with Gasteiger partial charge < -0.3 is 10.1 Å². The quantitative estimate of drug-likeness (QED) is 0.521. The minimum absolute atomic E-state index is 0.0444. The molecule has 0 saturated heterocycles. The lowest BCUT2D eigenvalue weighted by molar-refractivity contribution is -0.384. The number of hydrogen-bond donors (Lipinski definition) is 3. The lowest BCUT2D eigenvalue weighted by Gasteiger charge is -2.06. The van der Waals surface area contributed by atoms with E-state index < -0.39 is 28.7 Å². The fourth-order valence-electron chi connectivity index (χ4n) is 1.51.